The lowest BCUT2D eigenvalue weighted by Crippen LogP contribution is -2.13. The molecule has 116 valence electrons. The first kappa shape index (κ1) is 15.3. The molecule has 23 heavy (non-hydrogen) atoms. The molecule has 1 unspecified atom stereocenters. The normalized spacial score (nSPS) is 16.7. The van der Waals surface area contributed by atoms with Crippen molar-refractivity contribution in [2.75, 3.05) is 0 Å². The number of hydrogen-bond donors (Lipinski definition) is 0. The summed E-state index contributed by atoms with van der Waals surface area (Å²) in [5, 5.41) is 0. The van der Waals surface area contributed by atoms with Crippen molar-refractivity contribution in [1.29, 1.82) is 0 Å². The minimum Gasteiger partial charge on any atom is -0.427 e. The zero-order chi connectivity index (χ0) is 16.1. The van der Waals surface area contributed by atoms with Gasteiger partial charge in [0, 0.05) is 6.92 Å². The predicted octanol–water partition coefficient (Wildman–Crippen LogP) is 4.81. The molecule has 1 atom stereocenters. The molecule has 2 aromatic carbocycles. The van der Waals surface area contributed by atoms with Gasteiger partial charge < -0.3 is 4.74 Å². The van der Waals surface area contributed by atoms with Crippen LogP contribution in [0.5, 0.6) is 5.75 Å². The van der Waals surface area contributed by atoms with Gasteiger partial charge in [0.2, 0.25) is 0 Å². The second kappa shape index (κ2) is 7.10. The molecule has 0 spiro atoms. The number of rotatable bonds is 5. The molecule has 0 saturated heterocycles. The zero-order valence-corrected chi connectivity index (χ0v) is 13.2. The predicted molar refractivity (Wildman–Crippen MR) is 93.1 cm³/mol. The molecule has 0 amide bonds. The van der Waals surface area contributed by atoms with E-state index in [1.165, 1.54) is 18.1 Å². The average Bonchev–Trinajstić information content (AvgIpc) is 2.54. The van der Waals surface area contributed by atoms with E-state index in [1.807, 2.05) is 24.3 Å². The van der Waals surface area contributed by atoms with Gasteiger partial charge in [-0.15, -0.1) is 0 Å². The van der Waals surface area contributed by atoms with E-state index in [2.05, 4.69) is 48.6 Å². The maximum absolute atomic E-state index is 10.9. The molecular weight excluding hydrogens is 284 g/mol. The first-order valence-corrected chi connectivity index (χ1v) is 7.91. The largest absolute Gasteiger partial charge is 0.427 e. The molecule has 0 aromatic heterocycles. The Bertz CT molecular complexity index is 724. The van der Waals surface area contributed by atoms with Gasteiger partial charge in [0.1, 0.15) is 5.75 Å². The Morgan fingerprint density at radius 1 is 1.09 bits per heavy atom. The molecule has 0 radical (unpaired) electrons. The van der Waals surface area contributed by atoms with Crippen molar-refractivity contribution in [2.24, 2.45) is 5.92 Å². The van der Waals surface area contributed by atoms with E-state index in [0.29, 0.717) is 11.7 Å². The Balaban J connectivity index is 1.58. The molecule has 2 heteroatoms. The fraction of sp³-hybridized carbons (Fsp3) is 0.190. The van der Waals surface area contributed by atoms with Gasteiger partial charge in [-0.1, -0.05) is 60.7 Å². The molecule has 0 heterocycles. The fourth-order valence-corrected chi connectivity index (χ4v) is 2.73. The average molecular weight is 304 g/mol. The van der Waals surface area contributed by atoms with Crippen LogP contribution in [0.2, 0.25) is 0 Å². The van der Waals surface area contributed by atoms with Gasteiger partial charge in [-0.3, -0.25) is 4.79 Å². The minimum absolute atomic E-state index is 0.295. The molecule has 1 aliphatic rings. The summed E-state index contributed by atoms with van der Waals surface area (Å²) in [5.74, 6) is 0.908. The monoisotopic (exact) mass is 304 g/mol. The number of hydrogen-bond acceptors (Lipinski definition) is 2. The maximum atomic E-state index is 10.9. The molecule has 1 aliphatic carbocycles. The van der Waals surface area contributed by atoms with Crippen LogP contribution in [0.25, 0.3) is 6.08 Å². The van der Waals surface area contributed by atoms with Crippen LogP contribution >= 0.6 is 0 Å². The highest BCUT2D eigenvalue weighted by Crippen LogP contribution is 2.31. The summed E-state index contributed by atoms with van der Waals surface area (Å²) in [7, 11) is 0. The van der Waals surface area contributed by atoms with Gasteiger partial charge in [0.05, 0.1) is 0 Å². The molecule has 0 aliphatic heterocycles. The van der Waals surface area contributed by atoms with E-state index >= 15 is 0 Å². The Hall–Kier alpha value is -2.61. The number of carbonyl (C=O) groups is 1. The molecular formula is C21H20O2. The van der Waals surface area contributed by atoms with Crippen molar-refractivity contribution >= 4 is 12.0 Å². The van der Waals surface area contributed by atoms with E-state index in [0.717, 1.165) is 18.4 Å². The Morgan fingerprint density at radius 2 is 1.83 bits per heavy atom. The fourth-order valence-electron chi connectivity index (χ4n) is 2.73. The van der Waals surface area contributed by atoms with Crippen LogP contribution in [0.3, 0.4) is 0 Å². The van der Waals surface area contributed by atoms with E-state index in [-0.39, 0.29) is 5.97 Å². The second-order valence-electron chi connectivity index (χ2n) is 5.82. The van der Waals surface area contributed by atoms with E-state index in [9.17, 15) is 4.79 Å². The van der Waals surface area contributed by atoms with Crippen LogP contribution in [0.4, 0.5) is 0 Å². The van der Waals surface area contributed by atoms with Crippen LogP contribution < -0.4 is 4.74 Å². The summed E-state index contributed by atoms with van der Waals surface area (Å²) in [6.45, 7) is 1.41. The van der Waals surface area contributed by atoms with Crippen molar-refractivity contribution in [3.8, 4) is 5.75 Å². The number of allylic oxidation sites excluding steroid dienone is 3. The summed E-state index contributed by atoms with van der Waals surface area (Å²) in [6, 6.07) is 18.2. The number of esters is 1. The van der Waals surface area contributed by atoms with Crippen LogP contribution in [-0.4, -0.2) is 5.97 Å². The highest BCUT2D eigenvalue weighted by Gasteiger charge is 2.19. The summed E-state index contributed by atoms with van der Waals surface area (Å²) in [6.07, 6.45) is 8.85. The van der Waals surface area contributed by atoms with E-state index in [1.54, 1.807) is 0 Å². The van der Waals surface area contributed by atoms with Crippen molar-refractivity contribution in [1.82, 2.24) is 0 Å². The second-order valence-corrected chi connectivity index (χ2v) is 5.82. The third-order valence-electron chi connectivity index (χ3n) is 4.04. The Morgan fingerprint density at radius 3 is 2.43 bits per heavy atom. The SMILES string of the molecule is CC(=O)Oc1ccc(C=CC2=CCC2Cc2ccccc2)cc1. The van der Waals surface area contributed by atoms with Crippen LogP contribution in [0.1, 0.15) is 24.5 Å². The van der Waals surface area contributed by atoms with E-state index in [4.69, 9.17) is 4.74 Å². The Kier molecular flexibility index (Phi) is 4.72. The molecule has 0 saturated carbocycles. The quantitative estimate of drug-likeness (QED) is 0.585. The first-order chi connectivity index (χ1) is 11.2. The van der Waals surface area contributed by atoms with Crippen molar-refractivity contribution in [3.05, 3.63) is 83.4 Å². The summed E-state index contributed by atoms with van der Waals surface area (Å²) in [5.41, 5.74) is 3.90. The highest BCUT2D eigenvalue weighted by molar-refractivity contribution is 5.69. The van der Waals surface area contributed by atoms with Gasteiger partial charge >= 0.3 is 5.97 Å². The van der Waals surface area contributed by atoms with Crippen molar-refractivity contribution in [2.45, 2.75) is 19.8 Å². The molecule has 0 fully saturated rings. The lowest BCUT2D eigenvalue weighted by molar-refractivity contribution is -0.131. The molecule has 0 bridgehead atoms. The smallest absolute Gasteiger partial charge is 0.308 e. The lowest BCUT2D eigenvalue weighted by atomic mass is 9.80. The topological polar surface area (TPSA) is 26.3 Å². The molecule has 3 rings (SSSR count). The van der Waals surface area contributed by atoms with Gasteiger partial charge in [0.15, 0.2) is 0 Å². The first-order valence-electron chi connectivity index (χ1n) is 7.91. The number of carbonyl (C=O) groups excluding carboxylic acids is 1. The summed E-state index contributed by atoms with van der Waals surface area (Å²) in [4.78, 5) is 10.9. The van der Waals surface area contributed by atoms with Crippen molar-refractivity contribution < 1.29 is 9.53 Å². The Labute approximate surface area is 137 Å². The van der Waals surface area contributed by atoms with Crippen LogP contribution in [-0.2, 0) is 11.2 Å². The zero-order valence-electron chi connectivity index (χ0n) is 13.2. The lowest BCUT2D eigenvalue weighted by Gasteiger charge is -2.25. The summed E-state index contributed by atoms with van der Waals surface area (Å²) >= 11 is 0. The number of benzene rings is 2. The molecule has 0 N–H and O–H groups in total. The standard InChI is InChI=1S/C21H20O2/c1-16(22)23-21-13-8-17(9-14-21)7-10-19-11-12-20(19)15-18-5-3-2-4-6-18/h2-11,13-14,20H,12,15H2,1H3. The molecule has 2 nitrogen and oxygen atoms in total. The van der Waals surface area contributed by atoms with Gasteiger partial charge in [-0.2, -0.15) is 0 Å². The van der Waals surface area contributed by atoms with Crippen LogP contribution in [0.15, 0.2) is 72.3 Å². The van der Waals surface area contributed by atoms with Gasteiger partial charge in [0.25, 0.3) is 0 Å². The van der Waals surface area contributed by atoms with E-state index < -0.39 is 0 Å². The van der Waals surface area contributed by atoms with Gasteiger partial charge in [-0.05, 0) is 47.6 Å². The molecule has 2 aromatic rings. The minimum atomic E-state index is -0.295. The third-order valence-corrected chi connectivity index (χ3v) is 4.04. The third kappa shape index (κ3) is 4.19. The van der Waals surface area contributed by atoms with Crippen LogP contribution in [0, 0.1) is 5.92 Å². The number of ether oxygens (including phenoxy) is 1. The maximum Gasteiger partial charge on any atom is 0.308 e. The summed E-state index contributed by atoms with van der Waals surface area (Å²) < 4.78 is 5.04. The van der Waals surface area contributed by atoms with Crippen molar-refractivity contribution in [3.63, 3.8) is 0 Å². The van der Waals surface area contributed by atoms with Gasteiger partial charge in [-0.25, -0.2) is 0 Å². The highest BCUT2D eigenvalue weighted by atomic mass is 16.5.